The molecule has 0 rings (SSSR count). The van der Waals surface area contributed by atoms with Gasteiger partial charge in [-0.25, -0.2) is 9.98 Å². The summed E-state index contributed by atoms with van der Waals surface area (Å²) < 4.78 is 21.8. The number of nitrogens with zero attached hydrogens (tertiary/aromatic N) is 2. The largest absolute Gasteiger partial charge is 0.451 e. The maximum atomic E-state index is 5.51. The third-order valence-corrected chi connectivity index (χ3v) is 3.03. The predicted octanol–water partition coefficient (Wildman–Crippen LogP) is 4.19. The Morgan fingerprint density at radius 1 is 0.583 bits per heavy atom. The summed E-state index contributed by atoms with van der Waals surface area (Å²) in [6, 6.07) is 0. The molecular weight excluding hydrogens is 308 g/mol. The van der Waals surface area contributed by atoms with Crippen LogP contribution in [0.4, 0.5) is 0 Å². The van der Waals surface area contributed by atoms with Gasteiger partial charge in [0.25, 0.3) is 0 Å². The topological polar surface area (TPSA) is 61.6 Å². The number of aliphatic imine (C=N–C) groups is 2. The van der Waals surface area contributed by atoms with Crippen LogP contribution in [0.3, 0.4) is 0 Å². The molecule has 0 aromatic rings. The second-order valence-corrected chi connectivity index (χ2v) is 5.27. The lowest BCUT2D eigenvalue weighted by molar-refractivity contribution is 0.168. The molecule has 0 saturated carbocycles. The van der Waals surface area contributed by atoms with E-state index >= 15 is 0 Å². The number of hydrogen-bond donors (Lipinski definition) is 0. The van der Waals surface area contributed by atoms with Gasteiger partial charge in [-0.1, -0.05) is 26.7 Å². The van der Waals surface area contributed by atoms with Crippen LogP contribution in [0.5, 0.6) is 0 Å². The minimum Gasteiger partial charge on any atom is -0.451 e. The molecule has 0 N–H and O–H groups in total. The van der Waals surface area contributed by atoms with Gasteiger partial charge in [-0.2, -0.15) is 0 Å². The van der Waals surface area contributed by atoms with Crippen LogP contribution in [0.25, 0.3) is 0 Å². The second kappa shape index (κ2) is 17.9. The molecule has 0 aromatic heterocycles. The molecule has 24 heavy (non-hydrogen) atoms. The molecule has 6 nitrogen and oxygen atoms in total. The number of hydrogen-bond acceptors (Lipinski definition) is 6. The van der Waals surface area contributed by atoms with Crippen molar-refractivity contribution in [2.24, 2.45) is 9.98 Å². The summed E-state index contributed by atoms with van der Waals surface area (Å²) in [5.74, 6) is 0. The van der Waals surface area contributed by atoms with Crippen LogP contribution in [0.15, 0.2) is 9.98 Å². The standard InChI is InChI=1S/C18H36N2O4/c1-5-9-15-23-17(21-7-3)19-13-11-12-14-20-18(22-8-4)24-16-10-6-2/h5-16H2,1-4H3. The number of rotatable bonds is 13. The third-order valence-electron chi connectivity index (χ3n) is 3.03. The summed E-state index contributed by atoms with van der Waals surface area (Å²) in [4.78, 5) is 8.72. The van der Waals surface area contributed by atoms with Crippen molar-refractivity contribution >= 4 is 12.2 Å². The second-order valence-electron chi connectivity index (χ2n) is 5.27. The lowest BCUT2D eigenvalue weighted by atomic mass is 10.3. The molecule has 0 atom stereocenters. The van der Waals surface area contributed by atoms with Gasteiger partial charge in [-0.3, -0.25) is 0 Å². The summed E-state index contributed by atoms with van der Waals surface area (Å²) in [6.45, 7) is 11.9. The fourth-order valence-electron chi connectivity index (χ4n) is 1.68. The van der Waals surface area contributed by atoms with Gasteiger partial charge in [-0.05, 0) is 39.5 Å². The van der Waals surface area contributed by atoms with Crippen LogP contribution < -0.4 is 0 Å². The summed E-state index contributed by atoms with van der Waals surface area (Å²) in [5, 5.41) is 0. The van der Waals surface area contributed by atoms with Crippen molar-refractivity contribution in [3.63, 3.8) is 0 Å². The first-order valence-corrected chi connectivity index (χ1v) is 9.38. The number of unbranched alkanes of at least 4 members (excludes halogenated alkanes) is 3. The smallest absolute Gasteiger partial charge is 0.383 e. The molecule has 0 aliphatic heterocycles. The van der Waals surface area contributed by atoms with E-state index in [2.05, 4.69) is 23.8 Å². The van der Waals surface area contributed by atoms with E-state index in [4.69, 9.17) is 18.9 Å². The Morgan fingerprint density at radius 3 is 1.33 bits per heavy atom. The van der Waals surface area contributed by atoms with Crippen LogP contribution in [-0.4, -0.2) is 51.7 Å². The predicted molar refractivity (Wildman–Crippen MR) is 98.8 cm³/mol. The zero-order valence-electron chi connectivity index (χ0n) is 16.0. The molecule has 0 unspecified atom stereocenters. The van der Waals surface area contributed by atoms with Crippen molar-refractivity contribution in [3.8, 4) is 0 Å². The van der Waals surface area contributed by atoms with Crippen molar-refractivity contribution in [3.05, 3.63) is 0 Å². The molecule has 0 spiro atoms. The van der Waals surface area contributed by atoms with Crippen molar-refractivity contribution in [2.75, 3.05) is 39.5 Å². The molecule has 0 aliphatic rings. The zero-order valence-corrected chi connectivity index (χ0v) is 16.0. The van der Waals surface area contributed by atoms with Gasteiger partial charge < -0.3 is 18.9 Å². The molecule has 0 radical (unpaired) electrons. The Kier molecular flexibility index (Phi) is 16.8. The first kappa shape index (κ1) is 22.5. The van der Waals surface area contributed by atoms with Gasteiger partial charge in [0.2, 0.25) is 0 Å². The zero-order chi connectivity index (χ0) is 17.9. The maximum absolute atomic E-state index is 5.51. The molecule has 142 valence electrons. The quantitative estimate of drug-likeness (QED) is 0.286. The average molecular weight is 344 g/mol. The Morgan fingerprint density at radius 2 is 1.00 bits per heavy atom. The Balaban J connectivity index is 3.99. The summed E-state index contributed by atoms with van der Waals surface area (Å²) in [5.41, 5.74) is 0. The summed E-state index contributed by atoms with van der Waals surface area (Å²) >= 11 is 0. The van der Waals surface area contributed by atoms with Crippen molar-refractivity contribution < 1.29 is 18.9 Å². The highest BCUT2D eigenvalue weighted by molar-refractivity contribution is 5.67. The molecule has 0 bridgehead atoms. The first-order valence-electron chi connectivity index (χ1n) is 9.38. The van der Waals surface area contributed by atoms with Gasteiger partial charge in [0, 0.05) is 13.1 Å². The molecule has 0 heterocycles. The highest BCUT2D eigenvalue weighted by atomic mass is 16.7. The Hall–Kier alpha value is -1.46. The van der Waals surface area contributed by atoms with E-state index < -0.39 is 0 Å². The van der Waals surface area contributed by atoms with E-state index in [1.54, 1.807) is 0 Å². The van der Waals surface area contributed by atoms with Gasteiger partial charge in [0.1, 0.15) is 0 Å². The lowest BCUT2D eigenvalue weighted by Crippen LogP contribution is -2.12. The number of ether oxygens (including phenoxy) is 4. The minimum atomic E-state index is 0.410. The van der Waals surface area contributed by atoms with Crippen LogP contribution >= 0.6 is 0 Å². The van der Waals surface area contributed by atoms with Gasteiger partial charge in [0.05, 0.1) is 26.4 Å². The van der Waals surface area contributed by atoms with Crippen molar-refractivity contribution in [1.29, 1.82) is 0 Å². The first-order chi connectivity index (χ1) is 11.8. The highest BCUT2D eigenvalue weighted by Gasteiger charge is 2.02. The monoisotopic (exact) mass is 344 g/mol. The van der Waals surface area contributed by atoms with E-state index in [0.29, 0.717) is 51.7 Å². The van der Waals surface area contributed by atoms with E-state index in [1.165, 1.54) is 0 Å². The lowest BCUT2D eigenvalue weighted by Gasteiger charge is -2.09. The van der Waals surface area contributed by atoms with Crippen molar-refractivity contribution in [1.82, 2.24) is 0 Å². The molecule has 0 amide bonds. The van der Waals surface area contributed by atoms with Crippen LogP contribution in [0.1, 0.15) is 66.2 Å². The van der Waals surface area contributed by atoms with Gasteiger partial charge in [-0.15, -0.1) is 0 Å². The van der Waals surface area contributed by atoms with Gasteiger partial charge >= 0.3 is 12.2 Å². The fraction of sp³-hybridized carbons (Fsp3) is 0.889. The summed E-state index contributed by atoms with van der Waals surface area (Å²) in [6.07, 6.45) is 6.88. The SMILES string of the molecule is CCCCOC(=NCCCCN=C(OCC)OCCCC)OCC. The third kappa shape index (κ3) is 14.2. The Labute approximate surface area is 147 Å². The van der Waals surface area contributed by atoms with E-state index in [1.807, 2.05) is 13.8 Å². The van der Waals surface area contributed by atoms with Gasteiger partial charge in [0.15, 0.2) is 0 Å². The molecule has 0 fully saturated rings. The maximum Gasteiger partial charge on any atom is 0.383 e. The molecule has 0 aliphatic carbocycles. The highest BCUT2D eigenvalue weighted by Crippen LogP contribution is 1.98. The van der Waals surface area contributed by atoms with E-state index in [9.17, 15) is 0 Å². The molecule has 0 aromatic carbocycles. The van der Waals surface area contributed by atoms with Crippen LogP contribution in [0.2, 0.25) is 0 Å². The van der Waals surface area contributed by atoms with E-state index in [0.717, 1.165) is 38.5 Å². The molecular formula is C18H36N2O4. The fourth-order valence-corrected chi connectivity index (χ4v) is 1.68. The van der Waals surface area contributed by atoms with Crippen molar-refractivity contribution in [2.45, 2.75) is 66.2 Å². The minimum absolute atomic E-state index is 0.410. The van der Waals surface area contributed by atoms with Crippen LogP contribution in [-0.2, 0) is 18.9 Å². The normalized spacial score (nSPS) is 12.2. The Bertz CT molecular complexity index is 301. The molecule has 6 heteroatoms. The molecule has 0 saturated heterocycles. The average Bonchev–Trinajstić information content (AvgIpc) is 2.58. The summed E-state index contributed by atoms with van der Waals surface area (Å²) in [7, 11) is 0. The van der Waals surface area contributed by atoms with E-state index in [-0.39, 0.29) is 0 Å². The van der Waals surface area contributed by atoms with Crippen LogP contribution in [0, 0.1) is 0 Å².